The van der Waals surface area contributed by atoms with Crippen molar-refractivity contribution in [2.45, 2.75) is 0 Å². The van der Waals surface area contributed by atoms with E-state index in [-0.39, 0.29) is 0 Å². The lowest BCUT2D eigenvalue weighted by atomic mass is 10.3. The second-order valence-electron chi connectivity index (χ2n) is 2.34. The van der Waals surface area contributed by atoms with Crippen molar-refractivity contribution in [1.82, 2.24) is 0 Å². The molecule has 0 saturated carbocycles. The summed E-state index contributed by atoms with van der Waals surface area (Å²) in [7, 11) is 0. The molecule has 0 nitrogen and oxygen atoms in total. The van der Waals surface area contributed by atoms with Crippen LogP contribution in [0.3, 0.4) is 0 Å². The van der Waals surface area contributed by atoms with Crippen LogP contribution < -0.4 is 0 Å². The van der Waals surface area contributed by atoms with Crippen LogP contribution in [-0.2, 0) is 0 Å². The summed E-state index contributed by atoms with van der Waals surface area (Å²) >= 11 is 1.80. The average Bonchev–Trinajstić information content (AvgIpc) is 2.36. The molecule has 0 aromatic carbocycles. The first-order chi connectivity index (χ1) is 5.45. The Balaban J connectivity index is 2.46. The average molecular weight is 160 g/mol. The molecule has 2 heterocycles. The van der Waals surface area contributed by atoms with Crippen LogP contribution in [0.5, 0.6) is 0 Å². The molecule has 0 fully saturated rings. The summed E-state index contributed by atoms with van der Waals surface area (Å²) in [6.07, 6.45) is 16.8. The molecule has 0 saturated heterocycles. The Morgan fingerprint density at radius 1 is 0.727 bits per heavy atom. The summed E-state index contributed by atoms with van der Waals surface area (Å²) in [6.45, 7) is 0. The van der Waals surface area contributed by atoms with Gasteiger partial charge in [-0.3, -0.25) is 0 Å². The Hall–Kier alpha value is -0.950. The summed E-state index contributed by atoms with van der Waals surface area (Å²) < 4.78 is 0. The first kappa shape index (κ1) is 6.74. The van der Waals surface area contributed by atoms with Crippen molar-refractivity contribution in [3.63, 3.8) is 0 Å². The topological polar surface area (TPSA) is 0 Å². The van der Waals surface area contributed by atoms with Crippen LogP contribution in [0.25, 0.3) is 0 Å². The molecule has 1 heteroatoms. The molecule has 0 atom stereocenters. The molecule has 0 aromatic heterocycles. The van der Waals surface area contributed by atoms with Crippen LogP contribution in [-0.4, -0.2) is 0 Å². The van der Waals surface area contributed by atoms with Crippen LogP contribution in [0, 0.1) is 0 Å². The molecular formula is C10H8S. The van der Waals surface area contributed by atoms with E-state index in [9.17, 15) is 0 Å². The van der Waals surface area contributed by atoms with E-state index in [2.05, 4.69) is 48.6 Å². The molecule has 2 aliphatic heterocycles. The smallest absolute Gasteiger partial charge is 0.0122 e. The monoisotopic (exact) mass is 160 g/mol. The van der Waals surface area contributed by atoms with Crippen molar-refractivity contribution in [1.29, 1.82) is 0 Å². The van der Waals surface area contributed by atoms with E-state index >= 15 is 0 Å². The van der Waals surface area contributed by atoms with Gasteiger partial charge in [0.1, 0.15) is 0 Å². The molecule has 0 aliphatic carbocycles. The van der Waals surface area contributed by atoms with Gasteiger partial charge in [0, 0.05) is 9.81 Å². The highest BCUT2D eigenvalue weighted by molar-refractivity contribution is 8.07. The van der Waals surface area contributed by atoms with E-state index in [0.29, 0.717) is 0 Å². The van der Waals surface area contributed by atoms with Crippen LogP contribution in [0.1, 0.15) is 0 Å². The van der Waals surface area contributed by atoms with E-state index in [1.54, 1.807) is 11.8 Å². The van der Waals surface area contributed by atoms with Crippen molar-refractivity contribution in [3.05, 3.63) is 58.4 Å². The fourth-order valence-corrected chi connectivity index (χ4v) is 1.84. The predicted octanol–water partition coefficient (Wildman–Crippen LogP) is 3.18. The molecular weight excluding hydrogens is 152 g/mol. The lowest BCUT2D eigenvalue weighted by Crippen LogP contribution is -1.67. The molecule has 0 unspecified atom stereocenters. The van der Waals surface area contributed by atoms with Crippen molar-refractivity contribution in [3.8, 4) is 0 Å². The molecule has 0 spiro atoms. The summed E-state index contributed by atoms with van der Waals surface area (Å²) in [5.41, 5.74) is 0. The third-order valence-corrected chi connectivity index (χ3v) is 2.52. The Kier molecular flexibility index (Phi) is 1.82. The van der Waals surface area contributed by atoms with Gasteiger partial charge in [0.15, 0.2) is 0 Å². The van der Waals surface area contributed by atoms with Gasteiger partial charge in [0.25, 0.3) is 0 Å². The largest absolute Gasteiger partial charge is 0.0901 e. The standard InChI is InChI=1S/C10H8S/c1-2-6-10-8-4-3-7-9(5-1)11-10/h1-8H. The zero-order valence-electron chi connectivity index (χ0n) is 6.03. The van der Waals surface area contributed by atoms with E-state index in [4.69, 9.17) is 0 Å². The summed E-state index contributed by atoms with van der Waals surface area (Å²) in [6, 6.07) is 0. The van der Waals surface area contributed by atoms with E-state index in [0.717, 1.165) is 0 Å². The maximum atomic E-state index is 2.12. The fraction of sp³-hybridized carbons (Fsp3) is 0. The summed E-state index contributed by atoms with van der Waals surface area (Å²) in [4.78, 5) is 2.60. The van der Waals surface area contributed by atoms with Gasteiger partial charge in [0.05, 0.1) is 0 Å². The third-order valence-electron chi connectivity index (χ3n) is 1.50. The highest BCUT2D eigenvalue weighted by atomic mass is 32.2. The minimum absolute atomic E-state index is 1.30. The Bertz CT molecular complexity index is 271. The van der Waals surface area contributed by atoms with Gasteiger partial charge in [-0.1, -0.05) is 36.1 Å². The van der Waals surface area contributed by atoms with Crippen LogP contribution in [0.15, 0.2) is 58.4 Å². The van der Waals surface area contributed by atoms with Crippen LogP contribution in [0.4, 0.5) is 0 Å². The van der Waals surface area contributed by atoms with Crippen molar-refractivity contribution in [2.24, 2.45) is 0 Å². The normalized spacial score (nSPS) is 20.4. The van der Waals surface area contributed by atoms with Gasteiger partial charge in [-0.25, -0.2) is 0 Å². The summed E-state index contributed by atoms with van der Waals surface area (Å²) in [5, 5.41) is 0. The van der Waals surface area contributed by atoms with Gasteiger partial charge >= 0.3 is 0 Å². The Labute approximate surface area is 70.7 Å². The molecule has 2 bridgehead atoms. The zero-order chi connectivity index (χ0) is 7.52. The van der Waals surface area contributed by atoms with Gasteiger partial charge in [-0.15, -0.1) is 0 Å². The lowest BCUT2D eigenvalue weighted by Gasteiger charge is -1.96. The number of thioether (sulfide) groups is 1. The second-order valence-corrected chi connectivity index (χ2v) is 3.49. The first-order valence-electron chi connectivity index (χ1n) is 3.56. The van der Waals surface area contributed by atoms with E-state index in [1.807, 2.05) is 0 Å². The molecule has 11 heavy (non-hydrogen) atoms. The quantitative estimate of drug-likeness (QED) is 0.524. The molecule has 0 amide bonds. The fourth-order valence-electron chi connectivity index (χ4n) is 0.985. The number of hydrogen-bond donors (Lipinski definition) is 0. The van der Waals surface area contributed by atoms with Crippen molar-refractivity contribution in [2.75, 3.05) is 0 Å². The third kappa shape index (κ3) is 1.55. The molecule has 54 valence electrons. The minimum atomic E-state index is 1.30. The number of hydrogen-bond acceptors (Lipinski definition) is 1. The van der Waals surface area contributed by atoms with Gasteiger partial charge in [-0.2, -0.15) is 0 Å². The molecule has 0 N–H and O–H groups in total. The molecule has 0 aromatic rings. The van der Waals surface area contributed by atoms with Gasteiger partial charge in [0.2, 0.25) is 0 Å². The maximum absolute atomic E-state index is 2.12. The minimum Gasteiger partial charge on any atom is -0.0901 e. The Morgan fingerprint density at radius 2 is 1.27 bits per heavy atom. The van der Waals surface area contributed by atoms with Crippen LogP contribution in [0.2, 0.25) is 0 Å². The van der Waals surface area contributed by atoms with Crippen molar-refractivity contribution < 1.29 is 0 Å². The summed E-state index contributed by atoms with van der Waals surface area (Å²) in [5.74, 6) is 0. The van der Waals surface area contributed by atoms with E-state index in [1.165, 1.54) is 9.81 Å². The SMILES string of the molecule is C1=CC=C2C=CC=CC(=C1)S2. The highest BCUT2D eigenvalue weighted by Gasteiger charge is 2.00. The molecule has 0 radical (unpaired) electrons. The molecule has 2 rings (SSSR count). The zero-order valence-corrected chi connectivity index (χ0v) is 6.84. The maximum Gasteiger partial charge on any atom is 0.0122 e. The van der Waals surface area contributed by atoms with E-state index < -0.39 is 0 Å². The highest BCUT2D eigenvalue weighted by Crippen LogP contribution is 2.30. The predicted molar refractivity (Wildman–Crippen MR) is 51.2 cm³/mol. The number of fused-ring (bicyclic) bond motifs is 2. The van der Waals surface area contributed by atoms with Crippen LogP contribution >= 0.6 is 11.8 Å². The van der Waals surface area contributed by atoms with Gasteiger partial charge in [-0.05, 0) is 24.3 Å². The number of rotatable bonds is 0. The number of allylic oxidation sites excluding steroid dienone is 8. The lowest BCUT2D eigenvalue weighted by molar-refractivity contribution is 1.81. The first-order valence-corrected chi connectivity index (χ1v) is 4.38. The van der Waals surface area contributed by atoms with Gasteiger partial charge < -0.3 is 0 Å². The van der Waals surface area contributed by atoms with Crippen molar-refractivity contribution >= 4 is 11.8 Å². The Morgan fingerprint density at radius 3 is 1.82 bits per heavy atom. The second kappa shape index (κ2) is 2.97. The molecule has 2 aliphatic rings.